The smallest absolute Gasteiger partial charge is 0.309 e. The average molecular weight is 716 g/mol. The van der Waals surface area contributed by atoms with Gasteiger partial charge in [0, 0.05) is 28.1 Å². The van der Waals surface area contributed by atoms with Gasteiger partial charge < -0.3 is 19.8 Å². The van der Waals surface area contributed by atoms with Crippen molar-refractivity contribution in [2.45, 2.75) is 44.9 Å². The maximum Gasteiger partial charge on any atom is 0.309 e. The van der Waals surface area contributed by atoms with E-state index in [0.29, 0.717) is 13.0 Å². The second kappa shape index (κ2) is 13.3. The van der Waals surface area contributed by atoms with E-state index < -0.39 is 16.8 Å². The second-order valence-corrected chi connectivity index (χ2v) is 15.2. The van der Waals surface area contributed by atoms with Crippen LogP contribution in [0.25, 0.3) is 43.1 Å². The Morgan fingerprint density at radius 2 is 1.24 bits per heavy atom. The molecule has 7 nitrogen and oxygen atoms in total. The molecule has 0 amide bonds. The van der Waals surface area contributed by atoms with E-state index >= 15 is 0 Å². The van der Waals surface area contributed by atoms with Gasteiger partial charge >= 0.3 is 5.97 Å². The number of carboxylic acid groups (broad SMARTS) is 1. The molecule has 2 aliphatic heterocycles. The molecule has 0 aromatic heterocycles. The predicted molar refractivity (Wildman–Crippen MR) is 218 cm³/mol. The lowest BCUT2D eigenvalue weighted by Crippen LogP contribution is -2.29. The molecule has 6 aromatic carbocycles. The number of rotatable bonds is 10. The highest BCUT2D eigenvalue weighted by Crippen LogP contribution is 2.54. The molecule has 0 unspecified atom stereocenters. The topological polar surface area (TPSA) is 90.1 Å². The number of aliphatic carboxylic acids is 1. The number of aliphatic hydroxyl groups excluding tert-OH is 1. The van der Waals surface area contributed by atoms with Crippen LogP contribution in [0, 0.1) is 0 Å². The molecule has 2 N–H and O–H groups in total. The third-order valence-corrected chi connectivity index (χ3v) is 11.3. The van der Waals surface area contributed by atoms with Gasteiger partial charge in [-0.1, -0.05) is 105 Å². The van der Waals surface area contributed by atoms with E-state index in [2.05, 4.69) is 116 Å². The van der Waals surface area contributed by atoms with Crippen LogP contribution in [0.4, 0.5) is 11.4 Å². The lowest BCUT2D eigenvalue weighted by Gasteiger charge is -2.27. The van der Waals surface area contributed by atoms with Crippen molar-refractivity contribution in [2.24, 2.45) is 0 Å². The van der Waals surface area contributed by atoms with E-state index in [0.717, 1.165) is 66.1 Å². The number of nitrogens with zero attached hydrogens (tertiary/aromatic N) is 2. The molecular weight excluding hydrogens is 673 g/mol. The SMILES string of the molecule is CC1(C)C(/C=C/C(O)=C/C=C2\N(CCOC=O)c3c(c4ccccc4c4ccccc34)C2(C)C)=[N+](CCC(=O)O)c2c1c1ccccc1c1ccccc21. The Labute approximate surface area is 314 Å². The number of carboxylic acids is 1. The van der Waals surface area contributed by atoms with Crippen LogP contribution >= 0.6 is 0 Å². The Hall–Kier alpha value is -6.21. The lowest BCUT2D eigenvalue weighted by atomic mass is 9.78. The van der Waals surface area contributed by atoms with Crippen molar-refractivity contribution < 1.29 is 29.1 Å². The number of carbonyl (C=O) groups is 2. The van der Waals surface area contributed by atoms with Crippen LogP contribution in [-0.2, 0) is 25.2 Å². The molecule has 2 heterocycles. The Morgan fingerprint density at radius 1 is 0.722 bits per heavy atom. The van der Waals surface area contributed by atoms with Crippen molar-refractivity contribution in [3.8, 4) is 0 Å². The number of hydrogen-bond acceptors (Lipinski definition) is 5. The fourth-order valence-corrected chi connectivity index (χ4v) is 9.09. The summed E-state index contributed by atoms with van der Waals surface area (Å²) in [6, 6.07) is 33.6. The molecule has 0 saturated heterocycles. The first kappa shape index (κ1) is 34.9. The molecule has 0 saturated carbocycles. The van der Waals surface area contributed by atoms with Gasteiger partial charge in [0.15, 0.2) is 12.3 Å². The first-order valence-electron chi connectivity index (χ1n) is 18.4. The van der Waals surface area contributed by atoms with E-state index in [-0.39, 0.29) is 25.3 Å². The van der Waals surface area contributed by atoms with Crippen molar-refractivity contribution in [1.82, 2.24) is 0 Å². The number of carbonyl (C=O) groups excluding carboxylic acids is 1. The van der Waals surface area contributed by atoms with Gasteiger partial charge in [0.05, 0.1) is 23.0 Å². The highest BCUT2D eigenvalue weighted by atomic mass is 16.5. The number of aliphatic hydroxyl groups is 1. The number of benzene rings is 6. The van der Waals surface area contributed by atoms with Gasteiger partial charge in [-0.25, -0.2) is 0 Å². The lowest BCUT2D eigenvalue weighted by molar-refractivity contribution is -0.435. The molecule has 7 heteroatoms. The van der Waals surface area contributed by atoms with Crippen molar-refractivity contribution in [3.05, 3.63) is 144 Å². The summed E-state index contributed by atoms with van der Waals surface area (Å²) in [5, 5.41) is 30.4. The fraction of sp³-hybridized carbons (Fsp3) is 0.213. The van der Waals surface area contributed by atoms with Crippen LogP contribution in [-0.4, -0.2) is 52.6 Å². The molecule has 0 bridgehead atoms. The summed E-state index contributed by atoms with van der Waals surface area (Å²) in [6.07, 6.45) is 7.29. The number of anilines is 1. The summed E-state index contributed by atoms with van der Waals surface area (Å²) < 4.78 is 7.35. The number of fused-ring (bicyclic) bond motifs is 12. The third-order valence-electron chi connectivity index (χ3n) is 11.3. The highest BCUT2D eigenvalue weighted by Gasteiger charge is 2.47. The summed E-state index contributed by atoms with van der Waals surface area (Å²) >= 11 is 0. The summed E-state index contributed by atoms with van der Waals surface area (Å²) in [7, 11) is 0. The minimum absolute atomic E-state index is 0.0371. The number of ether oxygens (including phenoxy) is 1. The Morgan fingerprint density at radius 3 is 1.83 bits per heavy atom. The zero-order chi connectivity index (χ0) is 37.8. The molecule has 0 atom stereocenters. The van der Waals surface area contributed by atoms with Crippen molar-refractivity contribution in [1.29, 1.82) is 0 Å². The van der Waals surface area contributed by atoms with Gasteiger partial charge in [0.1, 0.15) is 18.8 Å². The molecule has 0 radical (unpaired) electrons. The standard InChI is InChI=1S/C47H42N2O5/c1-46(2)39(48(26-25-41(52)53)44-37-19-11-7-15-33(37)31-13-5-9-17-35(31)42(44)46)23-21-30(51)22-24-40-47(3,4)43-36-18-10-6-14-32(36)34-16-8-12-20-38(34)45(43)49(40)27-28-54-29-50/h5-24,29H,25-28H2,1-4H3,(H-,51,52,53)/p+1. The van der Waals surface area contributed by atoms with Gasteiger partial charge in [-0.3, -0.25) is 9.59 Å². The molecule has 0 spiro atoms. The van der Waals surface area contributed by atoms with E-state index in [4.69, 9.17) is 4.74 Å². The van der Waals surface area contributed by atoms with Gasteiger partial charge in [-0.15, -0.1) is 0 Å². The summed E-state index contributed by atoms with van der Waals surface area (Å²) in [6.45, 7) is 10.1. The minimum atomic E-state index is -0.868. The number of hydrogen-bond donors (Lipinski definition) is 2. The van der Waals surface area contributed by atoms with Gasteiger partial charge in [0.2, 0.25) is 5.69 Å². The molecular formula is C47H43N2O5+. The minimum Gasteiger partial charge on any atom is -0.508 e. The maximum absolute atomic E-state index is 11.9. The molecule has 0 aliphatic carbocycles. The van der Waals surface area contributed by atoms with Gasteiger partial charge in [0.25, 0.3) is 6.47 Å². The monoisotopic (exact) mass is 715 g/mol. The number of allylic oxidation sites excluding steroid dienone is 5. The van der Waals surface area contributed by atoms with Crippen molar-refractivity contribution >= 4 is 72.6 Å². The first-order chi connectivity index (χ1) is 26.1. The first-order valence-corrected chi connectivity index (χ1v) is 18.4. The van der Waals surface area contributed by atoms with Crippen molar-refractivity contribution in [3.63, 3.8) is 0 Å². The normalized spacial score (nSPS) is 17.0. The Kier molecular flexibility index (Phi) is 8.60. The predicted octanol–water partition coefficient (Wildman–Crippen LogP) is 10.0. The van der Waals surface area contributed by atoms with E-state index in [1.807, 2.05) is 30.4 Å². The quantitative estimate of drug-likeness (QED) is 0.0367. The van der Waals surface area contributed by atoms with E-state index in [1.54, 1.807) is 12.2 Å². The van der Waals surface area contributed by atoms with Crippen molar-refractivity contribution in [2.75, 3.05) is 24.6 Å². The molecule has 270 valence electrons. The van der Waals surface area contributed by atoms with Crippen LogP contribution in [0.5, 0.6) is 0 Å². The second-order valence-electron chi connectivity index (χ2n) is 15.2. The van der Waals surface area contributed by atoms with E-state index in [9.17, 15) is 19.8 Å². The summed E-state index contributed by atoms with van der Waals surface area (Å²) in [5.74, 6) is -0.812. The van der Waals surface area contributed by atoms with Gasteiger partial charge in [-0.05, 0) is 76.0 Å². The summed E-state index contributed by atoms with van der Waals surface area (Å²) in [5.41, 5.74) is 5.34. The largest absolute Gasteiger partial charge is 0.508 e. The average Bonchev–Trinajstić information content (AvgIpc) is 3.54. The molecule has 6 aromatic rings. The molecule has 8 rings (SSSR count). The Balaban J connectivity index is 1.25. The third kappa shape index (κ3) is 5.45. The highest BCUT2D eigenvalue weighted by molar-refractivity contribution is 6.19. The zero-order valence-corrected chi connectivity index (χ0v) is 31.0. The van der Waals surface area contributed by atoms with Crippen LogP contribution in [0.3, 0.4) is 0 Å². The fourth-order valence-electron chi connectivity index (χ4n) is 9.09. The van der Waals surface area contributed by atoms with Crippen LogP contribution in [0.15, 0.2) is 133 Å². The Bertz CT molecular complexity index is 2660. The zero-order valence-electron chi connectivity index (χ0n) is 31.0. The van der Waals surface area contributed by atoms with E-state index in [1.165, 1.54) is 10.9 Å². The van der Waals surface area contributed by atoms with Crippen LogP contribution in [0.1, 0.15) is 45.2 Å². The maximum atomic E-state index is 11.9. The van der Waals surface area contributed by atoms with Gasteiger partial charge in [-0.2, -0.15) is 4.58 Å². The molecule has 54 heavy (non-hydrogen) atoms. The van der Waals surface area contributed by atoms with Crippen LogP contribution < -0.4 is 4.90 Å². The molecule has 0 fully saturated rings. The van der Waals surface area contributed by atoms with Crippen LogP contribution in [0.2, 0.25) is 0 Å². The molecule has 2 aliphatic rings. The summed E-state index contributed by atoms with van der Waals surface area (Å²) in [4.78, 5) is 25.4.